The minimum Gasteiger partial charge on any atom is -0.363 e. The lowest BCUT2D eigenvalue weighted by Crippen LogP contribution is -2.31. The van der Waals surface area contributed by atoms with Crippen molar-refractivity contribution < 1.29 is 22.0 Å². The van der Waals surface area contributed by atoms with Crippen molar-refractivity contribution in [3.63, 3.8) is 0 Å². The molecule has 5 aromatic heterocycles. The molecule has 2 unspecified atom stereocenters. The molecular formula is C25H17F5N8S. The predicted molar refractivity (Wildman–Crippen MR) is 135 cm³/mol. The number of pyridine rings is 1. The van der Waals surface area contributed by atoms with E-state index in [9.17, 15) is 22.0 Å². The number of aryl methyl sites for hydroxylation is 1. The molecule has 1 aromatic carbocycles. The molecule has 2 atom stereocenters. The maximum atomic E-state index is 14.1. The number of aromatic nitrogens is 7. The van der Waals surface area contributed by atoms with Crippen LogP contribution in [0.4, 0.5) is 27.8 Å². The van der Waals surface area contributed by atoms with Gasteiger partial charge in [-0.05, 0) is 30.5 Å². The molecule has 0 spiro atoms. The second-order valence-corrected chi connectivity index (χ2v) is 10.3. The molecule has 0 bridgehead atoms. The lowest BCUT2D eigenvalue weighted by molar-refractivity contribution is -0.141. The standard InChI is InChI=1S/C25H17F5N8S/c1-11-7-16(25(28,29)30)34-24-17(11)18-19(39-24)23-35-21(36-37(23)10-31-18)13-9-32-38-15(20(26)27)8-14(33-22(13)38)12-5-3-2-4-6-12/h2-7,9-10,14-15,20,33H,8H2,1H3. The first-order valence-electron chi connectivity index (χ1n) is 11.9. The first-order chi connectivity index (χ1) is 18.7. The molecular weight excluding hydrogens is 539 g/mol. The lowest BCUT2D eigenvalue weighted by Gasteiger charge is -2.32. The van der Waals surface area contributed by atoms with E-state index in [1.54, 1.807) is 6.92 Å². The highest BCUT2D eigenvalue weighted by atomic mass is 32.1. The molecule has 6 heterocycles. The van der Waals surface area contributed by atoms with Crippen molar-refractivity contribution in [3.05, 3.63) is 65.7 Å². The summed E-state index contributed by atoms with van der Waals surface area (Å²) in [5.41, 5.74) is 1.55. The highest BCUT2D eigenvalue weighted by molar-refractivity contribution is 7.26. The Morgan fingerprint density at radius 3 is 2.67 bits per heavy atom. The Labute approximate surface area is 220 Å². The van der Waals surface area contributed by atoms with Gasteiger partial charge < -0.3 is 5.32 Å². The molecule has 198 valence electrons. The minimum absolute atomic E-state index is 0.146. The molecule has 8 nitrogen and oxygen atoms in total. The normalized spacial score (nSPS) is 17.8. The molecule has 7 rings (SSSR count). The fourth-order valence-corrected chi connectivity index (χ4v) is 6.25. The third-order valence-corrected chi connectivity index (χ3v) is 7.96. The zero-order chi connectivity index (χ0) is 27.1. The van der Waals surface area contributed by atoms with Crippen LogP contribution in [0.15, 0.2) is 48.9 Å². The zero-order valence-corrected chi connectivity index (χ0v) is 20.8. The van der Waals surface area contributed by atoms with E-state index in [0.717, 1.165) is 23.0 Å². The van der Waals surface area contributed by atoms with Crippen LogP contribution in [-0.2, 0) is 6.18 Å². The van der Waals surface area contributed by atoms with Crippen molar-refractivity contribution in [2.45, 2.75) is 38.0 Å². The van der Waals surface area contributed by atoms with Gasteiger partial charge in [0.05, 0.1) is 23.3 Å². The SMILES string of the molecule is Cc1cc(C(F)(F)F)nc2sc3c(ncn4nc(-c5cnn6c5NC(c5ccccc5)CC6C(F)F)nc34)c12. The highest BCUT2D eigenvalue weighted by Gasteiger charge is 2.37. The van der Waals surface area contributed by atoms with E-state index in [1.165, 1.54) is 21.7 Å². The van der Waals surface area contributed by atoms with Gasteiger partial charge in [0.2, 0.25) is 0 Å². The number of anilines is 1. The maximum Gasteiger partial charge on any atom is 0.433 e. The molecule has 0 fully saturated rings. The third kappa shape index (κ3) is 3.72. The third-order valence-electron chi connectivity index (χ3n) is 6.89. The van der Waals surface area contributed by atoms with Crippen molar-refractivity contribution in [1.29, 1.82) is 0 Å². The number of fused-ring (bicyclic) bond motifs is 6. The summed E-state index contributed by atoms with van der Waals surface area (Å²) in [5.74, 6) is 0.585. The van der Waals surface area contributed by atoms with Gasteiger partial charge >= 0.3 is 6.18 Å². The van der Waals surface area contributed by atoms with E-state index in [4.69, 9.17) is 0 Å². The fraction of sp³-hybridized carbons (Fsp3) is 0.240. The molecule has 6 aromatic rings. The van der Waals surface area contributed by atoms with Crippen molar-refractivity contribution in [2.24, 2.45) is 0 Å². The summed E-state index contributed by atoms with van der Waals surface area (Å²) in [7, 11) is 0. The van der Waals surface area contributed by atoms with Gasteiger partial charge in [-0.3, -0.25) is 0 Å². The first-order valence-corrected chi connectivity index (χ1v) is 12.7. The molecule has 1 aliphatic rings. The summed E-state index contributed by atoms with van der Waals surface area (Å²) >= 11 is 1.04. The quantitative estimate of drug-likeness (QED) is 0.253. The number of nitrogens with zero attached hydrogens (tertiary/aromatic N) is 7. The Morgan fingerprint density at radius 1 is 1.13 bits per heavy atom. The maximum absolute atomic E-state index is 14.1. The molecule has 0 aliphatic carbocycles. The number of hydrogen-bond donors (Lipinski definition) is 1. The van der Waals surface area contributed by atoms with Gasteiger partial charge in [-0.15, -0.1) is 16.4 Å². The number of rotatable bonds is 3. The van der Waals surface area contributed by atoms with E-state index in [2.05, 4.69) is 30.5 Å². The summed E-state index contributed by atoms with van der Waals surface area (Å²) in [6.45, 7) is 1.58. The second-order valence-electron chi connectivity index (χ2n) is 9.33. The van der Waals surface area contributed by atoms with E-state index in [0.29, 0.717) is 38.2 Å². The van der Waals surface area contributed by atoms with E-state index in [-0.39, 0.29) is 23.1 Å². The average Bonchev–Trinajstić information content (AvgIpc) is 3.62. The van der Waals surface area contributed by atoms with E-state index in [1.807, 2.05) is 30.3 Å². The van der Waals surface area contributed by atoms with Gasteiger partial charge in [0.1, 0.15) is 33.4 Å². The van der Waals surface area contributed by atoms with Gasteiger partial charge in [-0.2, -0.15) is 18.3 Å². The first kappa shape index (κ1) is 23.9. The number of nitrogens with one attached hydrogen (secondary N) is 1. The summed E-state index contributed by atoms with van der Waals surface area (Å²) in [5, 5.41) is 12.6. The van der Waals surface area contributed by atoms with Crippen molar-refractivity contribution in [3.8, 4) is 11.4 Å². The topological polar surface area (TPSA) is 85.8 Å². The van der Waals surface area contributed by atoms with Gasteiger partial charge in [0.25, 0.3) is 6.43 Å². The van der Waals surface area contributed by atoms with E-state index >= 15 is 0 Å². The number of hydrogen-bond acceptors (Lipinski definition) is 7. The number of alkyl halides is 5. The molecule has 39 heavy (non-hydrogen) atoms. The van der Waals surface area contributed by atoms with Crippen LogP contribution in [0.25, 0.3) is 37.5 Å². The van der Waals surface area contributed by atoms with Crippen LogP contribution in [0, 0.1) is 6.92 Å². The number of thiophene rings is 1. The monoisotopic (exact) mass is 556 g/mol. The summed E-state index contributed by atoms with van der Waals surface area (Å²) < 4.78 is 71.4. The molecule has 14 heteroatoms. The Bertz CT molecular complexity index is 1870. The van der Waals surface area contributed by atoms with Crippen LogP contribution in [0.2, 0.25) is 0 Å². The summed E-state index contributed by atoms with van der Waals surface area (Å²) in [6, 6.07) is 8.78. The molecule has 1 aliphatic heterocycles. The van der Waals surface area contributed by atoms with Gasteiger partial charge in [-0.25, -0.2) is 32.9 Å². The van der Waals surface area contributed by atoms with Gasteiger partial charge in [-0.1, -0.05) is 30.3 Å². The molecule has 0 saturated carbocycles. The second kappa shape index (κ2) is 8.40. The van der Waals surface area contributed by atoms with Crippen molar-refractivity contribution in [1.82, 2.24) is 34.3 Å². The molecule has 0 saturated heterocycles. The predicted octanol–water partition coefficient (Wildman–Crippen LogP) is 6.44. The van der Waals surface area contributed by atoms with Crippen LogP contribution in [0.3, 0.4) is 0 Å². The molecule has 0 radical (unpaired) electrons. The molecule has 0 amide bonds. The average molecular weight is 557 g/mol. The fourth-order valence-electron chi connectivity index (χ4n) is 5.07. The minimum atomic E-state index is -4.58. The van der Waals surface area contributed by atoms with Crippen LogP contribution in [0.5, 0.6) is 0 Å². The van der Waals surface area contributed by atoms with Crippen LogP contribution in [-0.4, -0.2) is 40.8 Å². The number of halogens is 5. The Balaban J connectivity index is 1.37. The largest absolute Gasteiger partial charge is 0.433 e. The van der Waals surface area contributed by atoms with Crippen LogP contribution < -0.4 is 5.32 Å². The number of benzene rings is 1. The Kier molecular flexibility index (Phi) is 5.14. The Hall–Kier alpha value is -4.20. The summed E-state index contributed by atoms with van der Waals surface area (Å²) in [6.07, 6.45) is -4.21. The van der Waals surface area contributed by atoms with Crippen molar-refractivity contribution in [2.75, 3.05) is 5.32 Å². The summed E-state index contributed by atoms with van der Waals surface area (Å²) in [4.78, 5) is 13.1. The van der Waals surface area contributed by atoms with Crippen molar-refractivity contribution >= 4 is 43.2 Å². The highest BCUT2D eigenvalue weighted by Crippen LogP contribution is 2.43. The van der Waals surface area contributed by atoms with Crippen LogP contribution in [0.1, 0.15) is 35.3 Å². The zero-order valence-electron chi connectivity index (χ0n) is 20.0. The van der Waals surface area contributed by atoms with Crippen LogP contribution >= 0.6 is 11.3 Å². The van der Waals surface area contributed by atoms with Gasteiger partial charge in [0, 0.05) is 5.39 Å². The Morgan fingerprint density at radius 2 is 1.92 bits per heavy atom. The lowest BCUT2D eigenvalue weighted by atomic mass is 9.97. The van der Waals surface area contributed by atoms with Gasteiger partial charge in [0.15, 0.2) is 11.5 Å². The van der Waals surface area contributed by atoms with E-state index < -0.39 is 24.3 Å². The molecule has 1 N–H and O–H groups in total. The smallest absolute Gasteiger partial charge is 0.363 e.